The Hall–Kier alpha value is -1.30. The molecule has 0 spiro atoms. The summed E-state index contributed by atoms with van der Waals surface area (Å²) in [5.74, 6) is 1.50. The Kier molecular flexibility index (Phi) is 4.78. The summed E-state index contributed by atoms with van der Waals surface area (Å²) in [6.45, 7) is 1.06. The van der Waals surface area contributed by atoms with E-state index in [0.29, 0.717) is 12.8 Å². The molecule has 0 radical (unpaired) electrons. The number of aliphatic hydroxyl groups excluding tert-OH is 1. The van der Waals surface area contributed by atoms with Gasteiger partial charge in [0.05, 0.1) is 19.8 Å². The maximum Gasteiger partial charge on any atom is 0.161 e. The average molecular weight is 335 g/mol. The lowest BCUT2D eigenvalue weighted by atomic mass is 9.61. The van der Waals surface area contributed by atoms with Crippen LogP contribution in [0.2, 0.25) is 0 Å². The molecule has 1 aliphatic heterocycles. The molecule has 1 aromatic rings. The second-order valence-corrected chi connectivity index (χ2v) is 7.37. The van der Waals surface area contributed by atoms with Gasteiger partial charge in [0.2, 0.25) is 0 Å². The zero-order chi connectivity index (χ0) is 17.4. The molecular weight excluding hydrogens is 306 g/mol. The quantitative estimate of drug-likeness (QED) is 0.861. The summed E-state index contributed by atoms with van der Waals surface area (Å²) >= 11 is 0. The van der Waals surface area contributed by atoms with Crippen molar-refractivity contribution in [1.29, 1.82) is 0 Å². The highest BCUT2D eigenvalue weighted by Crippen LogP contribution is 2.52. The number of likely N-dealkylation sites (N-methyl/N-ethyl adjacent to an activating group) is 1. The maximum atomic E-state index is 10.8. The van der Waals surface area contributed by atoms with Crippen LogP contribution in [0.5, 0.6) is 11.5 Å². The monoisotopic (exact) mass is 335 g/mol. The summed E-state index contributed by atoms with van der Waals surface area (Å²) < 4.78 is 10.9. The number of likely N-dealkylation sites (tertiary alicyclic amines) is 1. The van der Waals surface area contributed by atoms with Crippen LogP contribution >= 0.6 is 0 Å². The lowest BCUT2D eigenvalue weighted by Gasteiger charge is -2.48. The topological polar surface area (TPSA) is 62.2 Å². The van der Waals surface area contributed by atoms with E-state index >= 15 is 0 Å². The van der Waals surface area contributed by atoms with Gasteiger partial charge in [-0.15, -0.1) is 0 Å². The Morgan fingerprint density at radius 2 is 1.92 bits per heavy atom. The van der Waals surface area contributed by atoms with Crippen molar-refractivity contribution in [2.75, 3.05) is 34.4 Å². The Bertz CT molecular complexity index is 593. The summed E-state index contributed by atoms with van der Waals surface area (Å²) in [6.07, 6.45) is 3.90. The third kappa shape index (κ3) is 2.79. The van der Waals surface area contributed by atoms with E-state index in [1.165, 1.54) is 5.56 Å². The number of benzene rings is 1. The predicted octanol–water partition coefficient (Wildman–Crippen LogP) is 1.94. The molecule has 5 heteroatoms. The van der Waals surface area contributed by atoms with Gasteiger partial charge in [0.1, 0.15) is 0 Å². The highest BCUT2D eigenvalue weighted by molar-refractivity contribution is 5.46. The number of rotatable bonds is 5. The molecule has 2 fully saturated rings. The molecule has 0 aromatic heterocycles. The standard InChI is InChI=1S/C19H29NO4/c1-20-10-8-19(7-6-18(22,9-11-21)13-17(19)20)14-4-5-15(23-2)16(12-14)24-3/h4-5,12,17,21-22H,6-11,13H2,1-3H3/t17-,18?,19-/m0/s1. The van der Waals surface area contributed by atoms with E-state index in [4.69, 9.17) is 9.47 Å². The SMILES string of the molecule is COc1ccc([C@]23CCN(C)[C@H]2CC(O)(CCO)CC3)cc1OC. The molecule has 24 heavy (non-hydrogen) atoms. The first-order chi connectivity index (χ1) is 11.5. The fraction of sp³-hybridized carbons (Fsp3) is 0.684. The van der Waals surface area contributed by atoms with Crippen LogP contribution in [0, 0.1) is 0 Å². The van der Waals surface area contributed by atoms with Crippen molar-refractivity contribution in [3.05, 3.63) is 23.8 Å². The zero-order valence-corrected chi connectivity index (χ0v) is 14.9. The minimum atomic E-state index is -0.752. The fourth-order valence-corrected chi connectivity index (χ4v) is 4.74. The van der Waals surface area contributed by atoms with E-state index in [-0.39, 0.29) is 18.1 Å². The lowest BCUT2D eigenvalue weighted by Crippen LogP contribution is -2.52. The zero-order valence-electron chi connectivity index (χ0n) is 14.9. The van der Waals surface area contributed by atoms with E-state index in [0.717, 1.165) is 37.3 Å². The molecule has 2 N–H and O–H groups in total. The first kappa shape index (κ1) is 17.5. The van der Waals surface area contributed by atoms with E-state index in [9.17, 15) is 10.2 Å². The molecular formula is C19H29NO4. The Morgan fingerprint density at radius 3 is 2.58 bits per heavy atom. The van der Waals surface area contributed by atoms with Crippen molar-refractivity contribution in [2.24, 2.45) is 0 Å². The number of fused-ring (bicyclic) bond motifs is 1. The van der Waals surface area contributed by atoms with Gasteiger partial charge >= 0.3 is 0 Å². The normalized spacial score (nSPS) is 33.3. The third-order valence-corrected chi connectivity index (χ3v) is 6.23. The Balaban J connectivity index is 1.97. The van der Waals surface area contributed by atoms with Crippen LogP contribution in [0.4, 0.5) is 0 Å². The second kappa shape index (κ2) is 6.54. The minimum absolute atomic E-state index is 0.0377. The van der Waals surface area contributed by atoms with Crippen LogP contribution in [0.15, 0.2) is 18.2 Å². The molecule has 1 saturated carbocycles. The summed E-state index contributed by atoms with van der Waals surface area (Å²) in [5.41, 5.74) is 0.550. The lowest BCUT2D eigenvalue weighted by molar-refractivity contribution is -0.0533. The number of hydrogen-bond acceptors (Lipinski definition) is 5. The average Bonchev–Trinajstić information content (AvgIpc) is 2.91. The van der Waals surface area contributed by atoms with Crippen molar-refractivity contribution in [3.8, 4) is 11.5 Å². The number of ether oxygens (including phenoxy) is 2. The van der Waals surface area contributed by atoms with Gasteiger partial charge in [-0.2, -0.15) is 0 Å². The molecule has 3 rings (SSSR count). The van der Waals surface area contributed by atoms with Gasteiger partial charge in [-0.05, 0) is 63.4 Å². The molecule has 5 nitrogen and oxygen atoms in total. The largest absolute Gasteiger partial charge is 0.493 e. The smallest absolute Gasteiger partial charge is 0.161 e. The summed E-state index contributed by atoms with van der Waals surface area (Å²) in [5, 5.41) is 20.1. The molecule has 1 heterocycles. The molecule has 134 valence electrons. The molecule has 3 atom stereocenters. The van der Waals surface area contributed by atoms with Crippen molar-refractivity contribution in [2.45, 2.75) is 49.2 Å². The van der Waals surface area contributed by atoms with Crippen LogP contribution in [-0.2, 0) is 5.41 Å². The van der Waals surface area contributed by atoms with E-state index in [1.807, 2.05) is 6.07 Å². The Morgan fingerprint density at radius 1 is 1.17 bits per heavy atom. The van der Waals surface area contributed by atoms with E-state index in [2.05, 4.69) is 24.1 Å². The summed E-state index contributed by atoms with van der Waals surface area (Å²) in [4.78, 5) is 2.36. The van der Waals surface area contributed by atoms with Gasteiger partial charge in [-0.3, -0.25) is 0 Å². The van der Waals surface area contributed by atoms with Crippen LogP contribution in [0.25, 0.3) is 0 Å². The maximum absolute atomic E-state index is 10.8. The van der Waals surface area contributed by atoms with Gasteiger partial charge < -0.3 is 24.6 Å². The van der Waals surface area contributed by atoms with Crippen LogP contribution in [0.3, 0.4) is 0 Å². The summed E-state index contributed by atoms with van der Waals surface area (Å²) in [6, 6.07) is 6.50. The molecule has 2 aliphatic rings. The minimum Gasteiger partial charge on any atom is -0.493 e. The molecule has 0 amide bonds. The van der Waals surface area contributed by atoms with Gasteiger partial charge in [-0.1, -0.05) is 6.07 Å². The van der Waals surface area contributed by atoms with Gasteiger partial charge in [0, 0.05) is 18.1 Å². The number of hydrogen-bond donors (Lipinski definition) is 2. The molecule has 0 bridgehead atoms. The molecule has 1 saturated heterocycles. The number of aliphatic hydroxyl groups is 2. The van der Waals surface area contributed by atoms with Crippen LogP contribution < -0.4 is 9.47 Å². The first-order valence-electron chi connectivity index (χ1n) is 8.74. The van der Waals surface area contributed by atoms with Crippen LogP contribution in [0.1, 0.15) is 37.7 Å². The third-order valence-electron chi connectivity index (χ3n) is 6.23. The van der Waals surface area contributed by atoms with Crippen molar-refractivity contribution in [3.63, 3.8) is 0 Å². The summed E-state index contributed by atoms with van der Waals surface area (Å²) in [7, 11) is 5.45. The Labute approximate surface area is 144 Å². The van der Waals surface area contributed by atoms with Crippen molar-refractivity contribution in [1.82, 2.24) is 4.90 Å². The number of nitrogens with zero attached hydrogens (tertiary/aromatic N) is 1. The predicted molar refractivity (Wildman–Crippen MR) is 92.8 cm³/mol. The van der Waals surface area contributed by atoms with Gasteiger partial charge in [0.15, 0.2) is 11.5 Å². The second-order valence-electron chi connectivity index (χ2n) is 7.37. The highest BCUT2D eigenvalue weighted by atomic mass is 16.5. The van der Waals surface area contributed by atoms with E-state index < -0.39 is 5.60 Å². The van der Waals surface area contributed by atoms with Crippen molar-refractivity contribution >= 4 is 0 Å². The highest BCUT2D eigenvalue weighted by Gasteiger charge is 2.53. The van der Waals surface area contributed by atoms with E-state index in [1.54, 1.807) is 14.2 Å². The van der Waals surface area contributed by atoms with Gasteiger partial charge in [-0.25, -0.2) is 0 Å². The number of methoxy groups -OCH3 is 2. The van der Waals surface area contributed by atoms with Gasteiger partial charge in [0.25, 0.3) is 0 Å². The molecule has 1 aliphatic carbocycles. The first-order valence-corrected chi connectivity index (χ1v) is 8.74. The molecule has 1 unspecified atom stereocenters. The molecule has 1 aromatic carbocycles. The van der Waals surface area contributed by atoms with Crippen molar-refractivity contribution < 1.29 is 19.7 Å². The van der Waals surface area contributed by atoms with Crippen LogP contribution in [-0.4, -0.2) is 61.2 Å². The fourth-order valence-electron chi connectivity index (χ4n) is 4.74.